The molecule has 22 heavy (non-hydrogen) atoms. The predicted octanol–water partition coefficient (Wildman–Crippen LogP) is 2.63. The molecule has 0 atom stereocenters. The first-order valence-corrected chi connectivity index (χ1v) is 7.51. The number of carbonyl (C=O) groups excluding carboxylic acids is 1. The minimum Gasteiger partial charge on any atom is -0.337 e. The summed E-state index contributed by atoms with van der Waals surface area (Å²) in [4.78, 5) is 23.3. The Labute approximate surface area is 128 Å². The maximum Gasteiger partial charge on any atom is 0.274 e. The molecule has 0 N–H and O–H groups in total. The van der Waals surface area contributed by atoms with E-state index < -0.39 is 0 Å². The molecule has 2 aromatic heterocycles. The van der Waals surface area contributed by atoms with Crippen LogP contribution in [-0.2, 0) is 0 Å². The van der Waals surface area contributed by atoms with Gasteiger partial charge in [-0.2, -0.15) is 0 Å². The molecule has 0 bridgehead atoms. The number of hydrogen-bond donors (Lipinski definition) is 0. The van der Waals surface area contributed by atoms with Crippen LogP contribution in [0.15, 0.2) is 48.9 Å². The van der Waals surface area contributed by atoms with Crippen molar-refractivity contribution >= 4 is 11.6 Å². The van der Waals surface area contributed by atoms with Crippen molar-refractivity contribution in [2.24, 2.45) is 0 Å². The number of benzene rings is 1. The highest BCUT2D eigenvalue weighted by molar-refractivity contribution is 5.93. The summed E-state index contributed by atoms with van der Waals surface area (Å²) < 4.78 is 1.87. The van der Waals surface area contributed by atoms with Crippen LogP contribution in [0.25, 0.3) is 16.9 Å². The van der Waals surface area contributed by atoms with Crippen molar-refractivity contribution in [2.45, 2.75) is 12.8 Å². The molecule has 1 aliphatic heterocycles. The Morgan fingerprint density at radius 2 is 1.86 bits per heavy atom. The van der Waals surface area contributed by atoms with Gasteiger partial charge in [0.2, 0.25) is 0 Å². The van der Waals surface area contributed by atoms with Gasteiger partial charge >= 0.3 is 0 Å². The molecule has 0 saturated carbocycles. The van der Waals surface area contributed by atoms with Gasteiger partial charge in [0, 0.05) is 37.2 Å². The number of likely N-dealkylation sites (tertiary alicyclic amines) is 1. The highest BCUT2D eigenvalue weighted by atomic mass is 16.2. The van der Waals surface area contributed by atoms with Crippen molar-refractivity contribution in [3.8, 4) is 11.3 Å². The van der Waals surface area contributed by atoms with Gasteiger partial charge in [0.25, 0.3) is 5.91 Å². The van der Waals surface area contributed by atoms with Crippen molar-refractivity contribution in [3.63, 3.8) is 0 Å². The molecule has 3 aromatic rings. The molecule has 110 valence electrons. The summed E-state index contributed by atoms with van der Waals surface area (Å²) in [7, 11) is 0. The van der Waals surface area contributed by atoms with E-state index in [2.05, 4.69) is 9.97 Å². The second-order valence-electron chi connectivity index (χ2n) is 5.50. The highest BCUT2D eigenvalue weighted by Gasteiger charge is 2.22. The molecule has 1 saturated heterocycles. The number of fused-ring (bicyclic) bond motifs is 1. The Hall–Kier alpha value is -2.69. The van der Waals surface area contributed by atoms with Crippen molar-refractivity contribution in [1.82, 2.24) is 19.3 Å². The zero-order chi connectivity index (χ0) is 14.9. The zero-order valence-corrected chi connectivity index (χ0v) is 12.1. The summed E-state index contributed by atoms with van der Waals surface area (Å²) in [5, 5.41) is 0. The lowest BCUT2D eigenvalue weighted by Gasteiger charge is -2.12. The molecule has 1 amide bonds. The van der Waals surface area contributed by atoms with E-state index in [0.717, 1.165) is 42.8 Å². The lowest BCUT2D eigenvalue weighted by atomic mass is 10.1. The second kappa shape index (κ2) is 5.26. The fourth-order valence-electron chi connectivity index (χ4n) is 2.90. The van der Waals surface area contributed by atoms with Crippen molar-refractivity contribution in [2.75, 3.05) is 13.1 Å². The number of hydrogen-bond acceptors (Lipinski definition) is 3. The van der Waals surface area contributed by atoms with Crippen LogP contribution in [0.4, 0.5) is 0 Å². The third-order valence-electron chi connectivity index (χ3n) is 4.03. The van der Waals surface area contributed by atoms with E-state index in [1.807, 2.05) is 45.8 Å². The van der Waals surface area contributed by atoms with Crippen LogP contribution in [0.5, 0.6) is 0 Å². The number of nitrogens with zero attached hydrogens (tertiary/aromatic N) is 4. The first kappa shape index (κ1) is 13.0. The Morgan fingerprint density at radius 1 is 1.09 bits per heavy atom. The summed E-state index contributed by atoms with van der Waals surface area (Å²) in [6, 6.07) is 9.91. The van der Waals surface area contributed by atoms with Gasteiger partial charge in [0.05, 0.1) is 0 Å². The third-order valence-corrected chi connectivity index (χ3v) is 4.03. The van der Waals surface area contributed by atoms with Gasteiger partial charge < -0.3 is 9.30 Å². The van der Waals surface area contributed by atoms with E-state index in [0.29, 0.717) is 5.69 Å². The summed E-state index contributed by atoms with van der Waals surface area (Å²) >= 11 is 0. The van der Waals surface area contributed by atoms with Crippen LogP contribution in [0, 0.1) is 0 Å². The maximum absolute atomic E-state index is 12.5. The SMILES string of the molecule is O=C(c1cn2ccnc(-c3ccccc3)c2n1)N1CCCC1. The summed E-state index contributed by atoms with van der Waals surface area (Å²) in [5.41, 5.74) is 3.01. The molecule has 0 unspecified atom stereocenters. The molecule has 4 rings (SSSR count). The van der Waals surface area contributed by atoms with Gasteiger partial charge in [-0.3, -0.25) is 9.78 Å². The quantitative estimate of drug-likeness (QED) is 0.729. The number of carbonyl (C=O) groups is 1. The first-order chi connectivity index (χ1) is 10.8. The molecule has 3 heterocycles. The maximum atomic E-state index is 12.5. The zero-order valence-electron chi connectivity index (χ0n) is 12.1. The van der Waals surface area contributed by atoms with Gasteiger partial charge in [-0.05, 0) is 12.8 Å². The number of rotatable bonds is 2. The first-order valence-electron chi connectivity index (χ1n) is 7.51. The Morgan fingerprint density at radius 3 is 2.64 bits per heavy atom. The molecule has 5 heteroatoms. The lowest BCUT2D eigenvalue weighted by molar-refractivity contribution is 0.0787. The second-order valence-corrected chi connectivity index (χ2v) is 5.50. The average Bonchev–Trinajstić information content (AvgIpc) is 3.24. The Kier molecular flexibility index (Phi) is 3.11. The highest BCUT2D eigenvalue weighted by Crippen LogP contribution is 2.22. The molecule has 0 spiro atoms. The Balaban J connectivity index is 1.79. The molecule has 1 fully saturated rings. The van der Waals surface area contributed by atoms with E-state index in [9.17, 15) is 4.79 Å². The van der Waals surface area contributed by atoms with Gasteiger partial charge in [0.15, 0.2) is 5.65 Å². The summed E-state index contributed by atoms with van der Waals surface area (Å²) in [6.07, 6.45) is 7.52. The monoisotopic (exact) mass is 292 g/mol. The smallest absolute Gasteiger partial charge is 0.274 e. The van der Waals surface area contributed by atoms with E-state index in [4.69, 9.17) is 0 Å². The van der Waals surface area contributed by atoms with E-state index in [1.165, 1.54) is 0 Å². The van der Waals surface area contributed by atoms with Crippen LogP contribution >= 0.6 is 0 Å². The van der Waals surface area contributed by atoms with Gasteiger partial charge in [0.1, 0.15) is 11.4 Å². The Bertz CT molecular complexity index is 819. The van der Waals surface area contributed by atoms with Gasteiger partial charge in [-0.15, -0.1) is 0 Å². The fraction of sp³-hybridized carbons (Fsp3) is 0.235. The molecular formula is C17H16N4O. The van der Waals surface area contributed by atoms with Crippen LogP contribution in [-0.4, -0.2) is 38.3 Å². The molecule has 5 nitrogen and oxygen atoms in total. The summed E-state index contributed by atoms with van der Waals surface area (Å²) in [6.45, 7) is 1.66. The van der Waals surface area contributed by atoms with Crippen LogP contribution in [0.2, 0.25) is 0 Å². The average molecular weight is 292 g/mol. The number of aromatic nitrogens is 3. The van der Waals surface area contributed by atoms with Gasteiger partial charge in [-0.25, -0.2) is 4.98 Å². The van der Waals surface area contributed by atoms with Crippen LogP contribution < -0.4 is 0 Å². The third kappa shape index (κ3) is 2.15. The predicted molar refractivity (Wildman–Crippen MR) is 83.6 cm³/mol. The minimum absolute atomic E-state index is 0.0141. The fourth-order valence-corrected chi connectivity index (χ4v) is 2.90. The van der Waals surface area contributed by atoms with Crippen molar-refractivity contribution in [3.05, 3.63) is 54.6 Å². The van der Waals surface area contributed by atoms with Gasteiger partial charge in [-0.1, -0.05) is 30.3 Å². The standard InChI is InChI=1S/C17H16N4O/c22-17(20-9-4-5-10-20)14-12-21-11-8-18-15(16(21)19-14)13-6-2-1-3-7-13/h1-3,6-8,11-12H,4-5,9-10H2. The van der Waals surface area contributed by atoms with Crippen molar-refractivity contribution in [1.29, 1.82) is 0 Å². The molecule has 0 aliphatic carbocycles. The van der Waals surface area contributed by atoms with E-state index in [-0.39, 0.29) is 5.91 Å². The molecule has 1 aromatic carbocycles. The number of amides is 1. The summed E-state index contributed by atoms with van der Waals surface area (Å²) in [5.74, 6) is 0.0141. The minimum atomic E-state index is 0.0141. The van der Waals surface area contributed by atoms with Crippen LogP contribution in [0.1, 0.15) is 23.3 Å². The largest absolute Gasteiger partial charge is 0.337 e. The molecular weight excluding hydrogens is 276 g/mol. The normalized spacial score (nSPS) is 14.6. The number of imidazole rings is 1. The lowest BCUT2D eigenvalue weighted by Crippen LogP contribution is -2.27. The molecule has 1 aliphatic rings. The van der Waals surface area contributed by atoms with E-state index >= 15 is 0 Å². The molecule has 0 radical (unpaired) electrons. The van der Waals surface area contributed by atoms with Crippen molar-refractivity contribution < 1.29 is 4.79 Å². The van der Waals surface area contributed by atoms with E-state index in [1.54, 1.807) is 12.4 Å². The van der Waals surface area contributed by atoms with Crippen LogP contribution in [0.3, 0.4) is 0 Å². The topological polar surface area (TPSA) is 50.5 Å².